The van der Waals surface area contributed by atoms with Gasteiger partial charge in [-0.2, -0.15) is 0 Å². The third-order valence-corrected chi connectivity index (χ3v) is 5.40. The summed E-state index contributed by atoms with van der Waals surface area (Å²) in [5, 5.41) is 3.62. The summed E-state index contributed by atoms with van der Waals surface area (Å²) in [6.07, 6.45) is 8.75. The van der Waals surface area contributed by atoms with E-state index in [-0.39, 0.29) is 0 Å². The number of nitrogens with one attached hydrogen (secondary N) is 1. The molecule has 2 aliphatic heterocycles. The van der Waals surface area contributed by atoms with Crippen molar-refractivity contribution in [2.45, 2.75) is 56.8 Å². The second kappa shape index (κ2) is 3.69. The Morgan fingerprint density at radius 2 is 1.81 bits per heavy atom. The lowest BCUT2D eigenvalue weighted by Crippen LogP contribution is -2.51. The average molecular weight is 223 g/mol. The minimum absolute atomic E-state index is 0.396. The molecule has 6 atom stereocenters. The second-order valence-electron chi connectivity index (χ2n) is 6.04. The maximum Gasteiger partial charge on any atom is 0.100 e. The van der Waals surface area contributed by atoms with Gasteiger partial charge in [-0.3, -0.25) is 0 Å². The van der Waals surface area contributed by atoms with E-state index in [1.807, 2.05) is 0 Å². The molecule has 0 radical (unpaired) electrons. The topological polar surface area (TPSA) is 30.5 Å². The molecule has 0 spiro atoms. The van der Waals surface area contributed by atoms with Crippen LogP contribution in [-0.4, -0.2) is 24.8 Å². The summed E-state index contributed by atoms with van der Waals surface area (Å²) >= 11 is 0. The third kappa shape index (κ3) is 1.31. The molecule has 2 saturated carbocycles. The Balaban J connectivity index is 1.59. The molecule has 3 nitrogen and oxygen atoms in total. The van der Waals surface area contributed by atoms with E-state index in [1.165, 1.54) is 45.1 Å². The molecule has 2 saturated heterocycles. The molecule has 3 heteroatoms. The molecule has 2 aliphatic carbocycles. The van der Waals surface area contributed by atoms with Crippen molar-refractivity contribution < 1.29 is 9.78 Å². The van der Waals surface area contributed by atoms with Crippen LogP contribution in [0.3, 0.4) is 0 Å². The van der Waals surface area contributed by atoms with Crippen LogP contribution in [0.4, 0.5) is 0 Å². The highest BCUT2D eigenvalue weighted by molar-refractivity contribution is 5.00. The Morgan fingerprint density at radius 1 is 0.812 bits per heavy atom. The van der Waals surface area contributed by atoms with Gasteiger partial charge in [-0.15, -0.1) is 0 Å². The van der Waals surface area contributed by atoms with Crippen molar-refractivity contribution in [1.82, 2.24) is 5.32 Å². The van der Waals surface area contributed by atoms with Gasteiger partial charge >= 0.3 is 0 Å². The Labute approximate surface area is 96.8 Å². The minimum Gasteiger partial charge on any atom is -0.314 e. The molecule has 0 amide bonds. The number of hydrogen-bond acceptors (Lipinski definition) is 3. The molecule has 0 bridgehead atoms. The van der Waals surface area contributed by atoms with E-state index in [9.17, 15) is 0 Å². The molecule has 4 fully saturated rings. The molecule has 0 aromatic heterocycles. The van der Waals surface area contributed by atoms with Crippen molar-refractivity contribution in [3.8, 4) is 0 Å². The monoisotopic (exact) mass is 223 g/mol. The first kappa shape index (κ1) is 9.86. The van der Waals surface area contributed by atoms with Crippen molar-refractivity contribution in [2.75, 3.05) is 6.54 Å². The van der Waals surface area contributed by atoms with Crippen molar-refractivity contribution in [2.24, 2.45) is 17.8 Å². The van der Waals surface area contributed by atoms with Crippen LogP contribution in [0.2, 0.25) is 0 Å². The highest BCUT2D eigenvalue weighted by atomic mass is 17.2. The standard InChI is InChI=1S/C13H21NO2/c1-2-8-9-4-5-11-10(6-7-14-11)13(9)16-15-12(8)3-1/h8-14H,1-7H2. The highest BCUT2D eigenvalue weighted by Gasteiger charge is 2.51. The van der Waals surface area contributed by atoms with Gasteiger partial charge in [0.1, 0.15) is 6.10 Å². The van der Waals surface area contributed by atoms with Crippen LogP contribution in [0.5, 0.6) is 0 Å². The van der Waals surface area contributed by atoms with Crippen LogP contribution in [0.1, 0.15) is 38.5 Å². The lowest BCUT2D eigenvalue weighted by molar-refractivity contribution is -0.409. The predicted molar refractivity (Wildman–Crippen MR) is 59.7 cm³/mol. The maximum absolute atomic E-state index is 5.77. The van der Waals surface area contributed by atoms with Gasteiger partial charge in [0.2, 0.25) is 0 Å². The first-order valence-electron chi connectivity index (χ1n) is 6.99. The number of rotatable bonds is 0. The van der Waals surface area contributed by atoms with Crippen molar-refractivity contribution >= 4 is 0 Å². The van der Waals surface area contributed by atoms with Gasteiger partial charge < -0.3 is 5.32 Å². The maximum atomic E-state index is 5.77. The van der Waals surface area contributed by atoms with Crippen LogP contribution in [0.15, 0.2) is 0 Å². The van der Waals surface area contributed by atoms with E-state index >= 15 is 0 Å². The average Bonchev–Trinajstić information content (AvgIpc) is 2.96. The van der Waals surface area contributed by atoms with E-state index in [0.29, 0.717) is 18.2 Å². The molecule has 6 unspecified atom stereocenters. The Morgan fingerprint density at radius 3 is 2.81 bits per heavy atom. The predicted octanol–water partition coefficient (Wildman–Crippen LogP) is 1.87. The molecule has 2 heterocycles. The van der Waals surface area contributed by atoms with E-state index in [1.54, 1.807) is 0 Å². The van der Waals surface area contributed by atoms with Gasteiger partial charge in [-0.05, 0) is 50.5 Å². The molecular weight excluding hydrogens is 202 g/mol. The van der Waals surface area contributed by atoms with E-state index < -0.39 is 0 Å². The van der Waals surface area contributed by atoms with Crippen LogP contribution < -0.4 is 5.32 Å². The molecule has 4 rings (SSSR count). The largest absolute Gasteiger partial charge is 0.314 e. The third-order valence-electron chi connectivity index (χ3n) is 5.40. The van der Waals surface area contributed by atoms with E-state index in [0.717, 1.165) is 17.8 Å². The second-order valence-corrected chi connectivity index (χ2v) is 6.04. The summed E-state index contributed by atoms with van der Waals surface area (Å²) in [5.74, 6) is 2.32. The zero-order valence-electron chi connectivity index (χ0n) is 9.73. The Kier molecular flexibility index (Phi) is 2.27. The van der Waals surface area contributed by atoms with Crippen LogP contribution in [-0.2, 0) is 9.78 Å². The molecule has 0 aromatic carbocycles. The minimum atomic E-state index is 0.396. The zero-order chi connectivity index (χ0) is 10.5. The molecule has 1 N–H and O–H groups in total. The first-order chi connectivity index (χ1) is 7.93. The van der Waals surface area contributed by atoms with Gasteiger partial charge in [-0.25, -0.2) is 9.78 Å². The van der Waals surface area contributed by atoms with Gasteiger partial charge in [0, 0.05) is 12.0 Å². The summed E-state index contributed by atoms with van der Waals surface area (Å²) < 4.78 is 0. The summed E-state index contributed by atoms with van der Waals surface area (Å²) in [5.41, 5.74) is 0. The normalized spacial score (nSPS) is 55.5. The zero-order valence-corrected chi connectivity index (χ0v) is 9.73. The quantitative estimate of drug-likeness (QED) is 0.636. The summed E-state index contributed by atoms with van der Waals surface area (Å²) in [4.78, 5) is 11.4. The Hall–Kier alpha value is -0.120. The van der Waals surface area contributed by atoms with Crippen LogP contribution >= 0.6 is 0 Å². The van der Waals surface area contributed by atoms with Crippen molar-refractivity contribution in [3.63, 3.8) is 0 Å². The highest BCUT2D eigenvalue weighted by Crippen LogP contribution is 2.48. The Bertz CT molecular complexity index is 255. The fraction of sp³-hybridized carbons (Fsp3) is 1.00. The van der Waals surface area contributed by atoms with E-state index in [2.05, 4.69) is 5.32 Å². The van der Waals surface area contributed by atoms with Gasteiger partial charge in [0.25, 0.3) is 0 Å². The molecule has 4 aliphatic rings. The van der Waals surface area contributed by atoms with Crippen LogP contribution in [0.25, 0.3) is 0 Å². The summed E-state index contributed by atoms with van der Waals surface area (Å²) in [6.45, 7) is 1.18. The van der Waals surface area contributed by atoms with Gasteiger partial charge in [-0.1, -0.05) is 6.42 Å². The summed E-state index contributed by atoms with van der Waals surface area (Å²) in [6, 6.07) is 0.711. The number of hydrogen-bond donors (Lipinski definition) is 1. The summed E-state index contributed by atoms with van der Waals surface area (Å²) in [7, 11) is 0. The van der Waals surface area contributed by atoms with Crippen molar-refractivity contribution in [3.05, 3.63) is 0 Å². The van der Waals surface area contributed by atoms with Gasteiger partial charge in [0.05, 0.1) is 6.10 Å². The SMILES string of the molecule is C1CC2OOC3C4CCNC4CCC3C2C1. The smallest absolute Gasteiger partial charge is 0.100 e. The fourth-order valence-corrected chi connectivity index (χ4v) is 4.65. The van der Waals surface area contributed by atoms with Gasteiger partial charge in [0.15, 0.2) is 0 Å². The van der Waals surface area contributed by atoms with Crippen LogP contribution in [0, 0.1) is 17.8 Å². The molecule has 90 valence electrons. The lowest BCUT2D eigenvalue weighted by Gasteiger charge is -2.46. The first-order valence-corrected chi connectivity index (χ1v) is 6.99. The lowest BCUT2D eigenvalue weighted by atomic mass is 9.69. The molecule has 0 aromatic rings. The molecule has 16 heavy (non-hydrogen) atoms. The fourth-order valence-electron chi connectivity index (χ4n) is 4.65. The van der Waals surface area contributed by atoms with Crippen molar-refractivity contribution in [1.29, 1.82) is 0 Å². The van der Waals surface area contributed by atoms with E-state index in [4.69, 9.17) is 9.78 Å². The number of fused-ring (bicyclic) bond motifs is 5. The molecular formula is C13H21NO2.